The van der Waals surface area contributed by atoms with Crippen molar-refractivity contribution in [3.8, 4) is 11.3 Å². The van der Waals surface area contributed by atoms with Gasteiger partial charge in [0, 0.05) is 37.1 Å². The average molecular weight is 415 g/mol. The molecular formula is C20H26N6O2S. The van der Waals surface area contributed by atoms with Crippen molar-refractivity contribution in [2.45, 2.75) is 32.7 Å². The van der Waals surface area contributed by atoms with Gasteiger partial charge in [-0.2, -0.15) is 4.31 Å². The van der Waals surface area contributed by atoms with Crippen LogP contribution in [0.15, 0.2) is 36.8 Å². The van der Waals surface area contributed by atoms with Crippen molar-refractivity contribution in [3.05, 3.63) is 36.8 Å². The van der Waals surface area contributed by atoms with Gasteiger partial charge >= 0.3 is 0 Å². The molecule has 4 rings (SSSR count). The van der Waals surface area contributed by atoms with E-state index in [0.717, 1.165) is 28.8 Å². The summed E-state index contributed by atoms with van der Waals surface area (Å²) in [6.45, 7) is 5.01. The van der Waals surface area contributed by atoms with Gasteiger partial charge in [-0.25, -0.2) is 23.4 Å². The summed E-state index contributed by atoms with van der Waals surface area (Å²) >= 11 is 0. The Morgan fingerprint density at radius 1 is 1.28 bits per heavy atom. The molecule has 4 heterocycles. The van der Waals surface area contributed by atoms with Crippen molar-refractivity contribution < 1.29 is 8.42 Å². The van der Waals surface area contributed by atoms with E-state index in [2.05, 4.69) is 32.2 Å². The Labute approximate surface area is 170 Å². The summed E-state index contributed by atoms with van der Waals surface area (Å²) < 4.78 is 26.8. The maximum atomic E-state index is 12.6. The molecular weight excluding hydrogens is 388 g/mol. The first-order valence-electron chi connectivity index (χ1n) is 9.96. The lowest BCUT2D eigenvalue weighted by Gasteiger charge is -2.36. The van der Waals surface area contributed by atoms with Crippen LogP contribution < -0.4 is 5.32 Å². The van der Waals surface area contributed by atoms with Crippen LogP contribution in [0.5, 0.6) is 0 Å². The number of sulfonamides is 1. The van der Waals surface area contributed by atoms with Crippen LogP contribution in [0.1, 0.15) is 26.7 Å². The summed E-state index contributed by atoms with van der Waals surface area (Å²) in [5, 5.41) is 3.47. The molecule has 1 saturated heterocycles. The van der Waals surface area contributed by atoms with Gasteiger partial charge in [0.05, 0.1) is 17.6 Å². The minimum atomic E-state index is -3.22. The molecule has 3 aromatic heterocycles. The van der Waals surface area contributed by atoms with E-state index in [9.17, 15) is 8.42 Å². The molecule has 1 fully saturated rings. The van der Waals surface area contributed by atoms with E-state index in [-0.39, 0.29) is 17.7 Å². The fraction of sp³-hybridized carbons (Fsp3) is 0.450. The molecule has 0 aliphatic carbocycles. The number of rotatable bonds is 6. The van der Waals surface area contributed by atoms with Gasteiger partial charge in [-0.3, -0.25) is 0 Å². The SMILES string of the molecule is CCCS(=O)(=O)N1CC(Nc2ncccc2-c2cnc3[nH]ccc3n2)C[C@H](C)C1. The zero-order chi connectivity index (χ0) is 20.4. The number of fused-ring (bicyclic) bond motifs is 1. The summed E-state index contributed by atoms with van der Waals surface area (Å²) in [5.41, 5.74) is 3.11. The number of hydrogen-bond donors (Lipinski definition) is 2. The van der Waals surface area contributed by atoms with E-state index >= 15 is 0 Å². The number of piperidine rings is 1. The first-order valence-corrected chi connectivity index (χ1v) is 11.6. The van der Waals surface area contributed by atoms with Crippen LogP contribution in [-0.2, 0) is 10.0 Å². The first-order chi connectivity index (χ1) is 14.0. The van der Waals surface area contributed by atoms with Crippen LogP contribution >= 0.6 is 0 Å². The van der Waals surface area contributed by atoms with Crippen LogP contribution in [0, 0.1) is 5.92 Å². The van der Waals surface area contributed by atoms with Crippen LogP contribution in [0.3, 0.4) is 0 Å². The number of hydrogen-bond acceptors (Lipinski definition) is 6. The molecule has 2 N–H and O–H groups in total. The second kappa shape index (κ2) is 8.08. The smallest absolute Gasteiger partial charge is 0.214 e. The third-order valence-electron chi connectivity index (χ3n) is 5.17. The summed E-state index contributed by atoms with van der Waals surface area (Å²) in [6, 6.07) is 5.69. The number of H-pyrrole nitrogens is 1. The van der Waals surface area contributed by atoms with E-state index in [1.165, 1.54) is 0 Å². The largest absolute Gasteiger partial charge is 0.365 e. The lowest BCUT2D eigenvalue weighted by atomic mass is 9.97. The van der Waals surface area contributed by atoms with E-state index < -0.39 is 10.0 Å². The highest BCUT2D eigenvalue weighted by atomic mass is 32.2. The van der Waals surface area contributed by atoms with Crippen molar-refractivity contribution >= 4 is 27.0 Å². The lowest BCUT2D eigenvalue weighted by molar-refractivity contribution is 0.264. The van der Waals surface area contributed by atoms with E-state index in [0.29, 0.717) is 25.3 Å². The molecule has 3 aromatic rings. The summed E-state index contributed by atoms with van der Waals surface area (Å²) in [7, 11) is -3.22. The maximum absolute atomic E-state index is 12.6. The second-order valence-electron chi connectivity index (χ2n) is 7.68. The van der Waals surface area contributed by atoms with E-state index in [1.54, 1.807) is 16.7 Å². The molecule has 154 valence electrons. The average Bonchev–Trinajstić information content (AvgIpc) is 3.16. The molecule has 0 bridgehead atoms. The number of anilines is 1. The number of aromatic nitrogens is 4. The van der Waals surface area contributed by atoms with Gasteiger partial charge in [-0.1, -0.05) is 13.8 Å². The lowest BCUT2D eigenvalue weighted by Crippen LogP contribution is -2.48. The number of nitrogens with zero attached hydrogens (tertiary/aromatic N) is 4. The van der Waals surface area contributed by atoms with E-state index in [1.807, 2.05) is 31.3 Å². The molecule has 1 aliphatic rings. The standard InChI is InChI=1S/C20H26N6O2S/c1-3-9-29(27,28)26-12-14(2)10-15(13-26)24-19-16(5-4-7-21-19)18-11-23-20-17(25-18)6-8-22-20/h4-8,11,14-15H,3,9-10,12-13H2,1-2H3,(H,21,24)(H,22,23)/t14-,15?/m0/s1. The van der Waals surface area contributed by atoms with Gasteiger partial charge < -0.3 is 10.3 Å². The Balaban J connectivity index is 1.59. The van der Waals surface area contributed by atoms with Crippen molar-refractivity contribution in [2.24, 2.45) is 5.92 Å². The Bertz CT molecular complexity index is 1100. The van der Waals surface area contributed by atoms with Crippen LogP contribution in [0.4, 0.5) is 5.82 Å². The van der Waals surface area contributed by atoms with Crippen molar-refractivity contribution in [3.63, 3.8) is 0 Å². The zero-order valence-electron chi connectivity index (χ0n) is 16.7. The highest BCUT2D eigenvalue weighted by molar-refractivity contribution is 7.89. The van der Waals surface area contributed by atoms with Gasteiger partial charge in [0.2, 0.25) is 10.0 Å². The summed E-state index contributed by atoms with van der Waals surface area (Å²) in [6.07, 6.45) is 6.77. The number of nitrogens with one attached hydrogen (secondary N) is 2. The highest BCUT2D eigenvalue weighted by Crippen LogP contribution is 2.28. The van der Waals surface area contributed by atoms with Crippen LogP contribution in [-0.4, -0.2) is 57.5 Å². The topological polar surface area (TPSA) is 104 Å². The fourth-order valence-electron chi connectivity index (χ4n) is 3.90. The Morgan fingerprint density at radius 3 is 2.97 bits per heavy atom. The summed E-state index contributed by atoms with van der Waals surface area (Å²) in [5.74, 6) is 1.16. The Kier molecular flexibility index (Phi) is 5.51. The minimum absolute atomic E-state index is 0.0111. The predicted octanol–water partition coefficient (Wildman–Crippen LogP) is 2.88. The van der Waals surface area contributed by atoms with Crippen molar-refractivity contribution in [2.75, 3.05) is 24.2 Å². The zero-order valence-corrected chi connectivity index (χ0v) is 17.5. The van der Waals surface area contributed by atoms with Gasteiger partial charge in [0.1, 0.15) is 11.3 Å². The quantitative estimate of drug-likeness (QED) is 0.643. The van der Waals surface area contributed by atoms with Gasteiger partial charge in [-0.15, -0.1) is 0 Å². The molecule has 1 unspecified atom stereocenters. The van der Waals surface area contributed by atoms with Gasteiger partial charge in [0.25, 0.3) is 0 Å². The molecule has 0 amide bonds. The van der Waals surface area contributed by atoms with Crippen LogP contribution in [0.25, 0.3) is 22.4 Å². The van der Waals surface area contributed by atoms with Gasteiger partial charge in [-0.05, 0) is 37.0 Å². The fourth-order valence-corrected chi connectivity index (χ4v) is 5.56. The van der Waals surface area contributed by atoms with Gasteiger partial charge in [0.15, 0.2) is 5.65 Å². The highest BCUT2D eigenvalue weighted by Gasteiger charge is 2.32. The molecule has 9 heteroatoms. The molecule has 0 saturated carbocycles. The molecule has 0 spiro atoms. The monoisotopic (exact) mass is 414 g/mol. The number of pyridine rings is 1. The van der Waals surface area contributed by atoms with Crippen molar-refractivity contribution in [1.82, 2.24) is 24.2 Å². The molecule has 0 radical (unpaired) electrons. The number of aromatic amines is 1. The molecule has 29 heavy (non-hydrogen) atoms. The second-order valence-corrected chi connectivity index (χ2v) is 9.77. The van der Waals surface area contributed by atoms with Crippen molar-refractivity contribution in [1.29, 1.82) is 0 Å². The molecule has 8 nitrogen and oxygen atoms in total. The molecule has 1 aliphatic heterocycles. The third-order valence-corrected chi connectivity index (χ3v) is 7.18. The van der Waals surface area contributed by atoms with Crippen LogP contribution in [0.2, 0.25) is 0 Å². The normalized spacial score (nSPS) is 20.8. The third kappa shape index (κ3) is 4.25. The predicted molar refractivity (Wildman–Crippen MR) is 114 cm³/mol. The maximum Gasteiger partial charge on any atom is 0.214 e. The molecule has 2 atom stereocenters. The minimum Gasteiger partial charge on any atom is -0.365 e. The Morgan fingerprint density at radius 2 is 2.14 bits per heavy atom. The summed E-state index contributed by atoms with van der Waals surface area (Å²) in [4.78, 5) is 16.7. The molecule has 0 aromatic carbocycles. The Hall–Kier alpha value is -2.52. The first kappa shape index (κ1) is 19.8. The van der Waals surface area contributed by atoms with E-state index in [4.69, 9.17) is 0 Å².